The average molecular weight is 233 g/mol. The van der Waals surface area contributed by atoms with E-state index in [-0.39, 0.29) is 6.10 Å². The Hall–Kier alpha value is -1.03. The number of hydrogen-bond acceptors (Lipinski definition) is 3. The highest BCUT2D eigenvalue weighted by Crippen LogP contribution is 2.55. The van der Waals surface area contributed by atoms with Crippen LogP contribution in [0.25, 0.3) is 0 Å². The molecule has 4 nitrogen and oxygen atoms in total. The van der Waals surface area contributed by atoms with E-state index in [2.05, 4.69) is 21.4 Å². The number of aliphatic hydroxyl groups is 1. The largest absolute Gasteiger partial charge is 0.391 e. The minimum atomic E-state index is -0.124. The van der Waals surface area contributed by atoms with Crippen molar-refractivity contribution in [3.05, 3.63) is 12.4 Å². The van der Waals surface area contributed by atoms with Crippen LogP contribution in [-0.2, 0) is 6.54 Å². The summed E-state index contributed by atoms with van der Waals surface area (Å²) >= 11 is 0. The van der Waals surface area contributed by atoms with E-state index in [4.69, 9.17) is 0 Å². The van der Waals surface area contributed by atoms with Crippen molar-refractivity contribution >= 4 is 5.95 Å². The Bertz CT molecular complexity index is 442. The van der Waals surface area contributed by atoms with Crippen molar-refractivity contribution in [2.24, 2.45) is 17.8 Å². The first-order valence-corrected chi connectivity index (χ1v) is 6.75. The van der Waals surface area contributed by atoms with Crippen molar-refractivity contribution < 1.29 is 5.11 Å². The van der Waals surface area contributed by atoms with Crippen LogP contribution in [0.2, 0.25) is 0 Å². The van der Waals surface area contributed by atoms with Crippen LogP contribution in [0.1, 0.15) is 19.8 Å². The van der Waals surface area contributed by atoms with E-state index in [9.17, 15) is 5.11 Å². The summed E-state index contributed by atoms with van der Waals surface area (Å²) in [6.07, 6.45) is 6.25. The summed E-state index contributed by atoms with van der Waals surface area (Å²) in [5, 5.41) is 10.4. The van der Waals surface area contributed by atoms with Crippen molar-refractivity contribution in [3.63, 3.8) is 0 Å². The molecule has 5 unspecified atom stereocenters. The summed E-state index contributed by atoms with van der Waals surface area (Å²) in [6.45, 7) is 4.19. The topological polar surface area (TPSA) is 41.3 Å². The van der Waals surface area contributed by atoms with Crippen LogP contribution < -0.4 is 4.90 Å². The molecule has 4 rings (SSSR count). The zero-order valence-electron chi connectivity index (χ0n) is 10.2. The van der Waals surface area contributed by atoms with Gasteiger partial charge in [-0.3, -0.25) is 0 Å². The van der Waals surface area contributed by atoms with Crippen LogP contribution in [0.5, 0.6) is 0 Å². The maximum Gasteiger partial charge on any atom is 0.205 e. The molecule has 0 amide bonds. The fourth-order valence-electron chi connectivity index (χ4n) is 4.45. The Morgan fingerprint density at radius 1 is 1.41 bits per heavy atom. The van der Waals surface area contributed by atoms with E-state index >= 15 is 0 Å². The van der Waals surface area contributed by atoms with Crippen molar-refractivity contribution in [1.82, 2.24) is 9.55 Å². The Kier molecular flexibility index (Phi) is 1.90. The lowest BCUT2D eigenvalue weighted by atomic mass is 9.88. The Morgan fingerprint density at radius 3 is 3.06 bits per heavy atom. The molecule has 3 fully saturated rings. The molecule has 2 saturated carbocycles. The summed E-state index contributed by atoms with van der Waals surface area (Å²) in [6, 6.07) is 0.339. The molecule has 1 aromatic heterocycles. The molecule has 1 N–H and O–H groups in total. The predicted octanol–water partition coefficient (Wildman–Crippen LogP) is 1.11. The van der Waals surface area contributed by atoms with Crippen LogP contribution in [0, 0.1) is 17.8 Å². The number of fused-ring (bicyclic) bond motifs is 1. The molecule has 4 heteroatoms. The van der Waals surface area contributed by atoms with Crippen molar-refractivity contribution in [1.29, 1.82) is 0 Å². The highest BCUT2D eigenvalue weighted by Gasteiger charge is 2.59. The van der Waals surface area contributed by atoms with E-state index in [0.717, 1.165) is 30.9 Å². The van der Waals surface area contributed by atoms with Crippen LogP contribution in [-0.4, -0.2) is 33.3 Å². The van der Waals surface area contributed by atoms with Gasteiger partial charge < -0.3 is 14.6 Å². The quantitative estimate of drug-likeness (QED) is 0.832. The third kappa shape index (κ3) is 1.14. The van der Waals surface area contributed by atoms with E-state index in [1.165, 1.54) is 12.8 Å². The minimum absolute atomic E-state index is 0.124. The monoisotopic (exact) mass is 233 g/mol. The second-order valence-electron chi connectivity index (χ2n) is 5.80. The third-order valence-electron chi connectivity index (χ3n) is 5.14. The number of anilines is 1. The first-order valence-electron chi connectivity index (χ1n) is 6.75. The molecule has 17 heavy (non-hydrogen) atoms. The highest BCUT2D eigenvalue weighted by molar-refractivity contribution is 5.40. The predicted molar refractivity (Wildman–Crippen MR) is 64.7 cm³/mol. The van der Waals surface area contributed by atoms with E-state index in [1.807, 2.05) is 12.4 Å². The molecule has 5 atom stereocenters. The van der Waals surface area contributed by atoms with E-state index < -0.39 is 0 Å². The summed E-state index contributed by atoms with van der Waals surface area (Å²) in [5.74, 6) is 3.14. The molecule has 2 heterocycles. The molecule has 0 radical (unpaired) electrons. The zero-order valence-corrected chi connectivity index (χ0v) is 10.2. The maximum atomic E-state index is 10.4. The molecule has 1 aromatic rings. The molecule has 1 saturated heterocycles. The molecule has 2 aliphatic carbocycles. The highest BCUT2D eigenvalue weighted by atomic mass is 16.3. The summed E-state index contributed by atoms with van der Waals surface area (Å²) in [5.41, 5.74) is 0. The number of aromatic nitrogens is 2. The molecule has 0 aromatic carbocycles. The van der Waals surface area contributed by atoms with Gasteiger partial charge in [0.25, 0.3) is 0 Å². The number of aliphatic hydroxyl groups excluding tert-OH is 1. The molecule has 0 spiro atoms. The fourth-order valence-corrected chi connectivity index (χ4v) is 4.45. The van der Waals surface area contributed by atoms with Gasteiger partial charge in [-0.2, -0.15) is 0 Å². The van der Waals surface area contributed by atoms with E-state index in [0.29, 0.717) is 12.0 Å². The SMILES string of the molecule is CCn1ccnc1N1CC2CC3CC2C1C3O. The van der Waals surface area contributed by atoms with Gasteiger partial charge in [-0.1, -0.05) is 0 Å². The van der Waals surface area contributed by atoms with Gasteiger partial charge in [0.15, 0.2) is 0 Å². The lowest BCUT2D eigenvalue weighted by Crippen LogP contribution is -2.41. The lowest BCUT2D eigenvalue weighted by molar-refractivity contribution is 0.0962. The van der Waals surface area contributed by atoms with Gasteiger partial charge in [0.1, 0.15) is 0 Å². The lowest BCUT2D eigenvalue weighted by Gasteiger charge is -2.29. The molecule has 1 aliphatic heterocycles. The number of imidazole rings is 1. The van der Waals surface area contributed by atoms with Gasteiger partial charge in [-0.25, -0.2) is 4.98 Å². The van der Waals surface area contributed by atoms with Crippen LogP contribution in [0.15, 0.2) is 12.4 Å². The van der Waals surface area contributed by atoms with Crippen molar-refractivity contribution in [3.8, 4) is 0 Å². The first kappa shape index (κ1) is 9.95. The van der Waals surface area contributed by atoms with Gasteiger partial charge in [-0.15, -0.1) is 0 Å². The molecular weight excluding hydrogens is 214 g/mol. The number of hydrogen-bond donors (Lipinski definition) is 1. The van der Waals surface area contributed by atoms with Crippen LogP contribution >= 0.6 is 0 Å². The van der Waals surface area contributed by atoms with Gasteiger partial charge in [-0.05, 0) is 37.5 Å². The first-order chi connectivity index (χ1) is 8.29. The van der Waals surface area contributed by atoms with E-state index in [1.54, 1.807) is 0 Å². The van der Waals surface area contributed by atoms with Gasteiger partial charge in [0.05, 0.1) is 12.1 Å². The van der Waals surface area contributed by atoms with Gasteiger partial charge >= 0.3 is 0 Å². The smallest absolute Gasteiger partial charge is 0.205 e. The summed E-state index contributed by atoms with van der Waals surface area (Å²) in [4.78, 5) is 6.87. The minimum Gasteiger partial charge on any atom is -0.391 e. The Morgan fingerprint density at radius 2 is 2.29 bits per heavy atom. The van der Waals surface area contributed by atoms with Crippen molar-refractivity contribution in [2.45, 2.75) is 38.5 Å². The molecular formula is C13H19N3O. The maximum absolute atomic E-state index is 10.4. The van der Waals surface area contributed by atoms with Crippen molar-refractivity contribution in [2.75, 3.05) is 11.4 Å². The standard InChI is InChI=1S/C13H19N3O/c1-2-15-4-3-14-13(15)16-7-9-5-8-6-10(9)11(16)12(8)17/h3-4,8-12,17H,2,5-7H2,1H3. The molecule has 2 bridgehead atoms. The van der Waals surface area contributed by atoms with Gasteiger partial charge in [0, 0.05) is 25.5 Å². The number of rotatable bonds is 2. The number of nitrogens with zero attached hydrogens (tertiary/aromatic N) is 3. The average Bonchev–Trinajstić information content (AvgIpc) is 3.02. The van der Waals surface area contributed by atoms with Gasteiger partial charge in [0.2, 0.25) is 5.95 Å². The Labute approximate surface area is 101 Å². The third-order valence-corrected chi connectivity index (χ3v) is 5.14. The summed E-state index contributed by atoms with van der Waals surface area (Å²) in [7, 11) is 0. The molecule has 92 valence electrons. The van der Waals surface area contributed by atoms with Crippen LogP contribution in [0.4, 0.5) is 5.95 Å². The second kappa shape index (κ2) is 3.25. The molecule has 3 aliphatic rings. The zero-order chi connectivity index (χ0) is 11.6. The summed E-state index contributed by atoms with van der Waals surface area (Å²) < 4.78 is 2.19. The Balaban J connectivity index is 1.72. The second-order valence-corrected chi connectivity index (χ2v) is 5.80. The van der Waals surface area contributed by atoms with Crippen LogP contribution in [0.3, 0.4) is 0 Å². The number of aryl methyl sites for hydroxylation is 1. The fraction of sp³-hybridized carbons (Fsp3) is 0.769. The normalized spacial score (nSPS) is 42.7.